The van der Waals surface area contributed by atoms with E-state index in [0.717, 1.165) is 6.07 Å². The van der Waals surface area contributed by atoms with Crippen LogP contribution in [0.5, 0.6) is 0 Å². The molecule has 0 aliphatic carbocycles. The molecule has 2 atom stereocenters. The Hall–Kier alpha value is -1.83. The van der Waals surface area contributed by atoms with Gasteiger partial charge in [-0.3, -0.25) is 14.9 Å². The SMILES string of the molecule is O=Cc1ccc(C(O)C(O)CCO)cc1[N+](=O)[O-]. The normalized spacial score (nSPS) is 13.9. The van der Waals surface area contributed by atoms with Gasteiger partial charge in [0, 0.05) is 12.7 Å². The Kier molecular flexibility index (Phi) is 4.90. The summed E-state index contributed by atoms with van der Waals surface area (Å²) in [6.45, 7) is -0.313. The summed E-state index contributed by atoms with van der Waals surface area (Å²) in [6, 6.07) is 3.56. The van der Waals surface area contributed by atoms with Crippen LogP contribution < -0.4 is 0 Å². The Balaban J connectivity index is 3.07. The molecule has 0 fully saturated rings. The van der Waals surface area contributed by atoms with Crippen molar-refractivity contribution in [1.29, 1.82) is 0 Å². The van der Waals surface area contributed by atoms with Gasteiger partial charge in [0.15, 0.2) is 6.29 Å². The van der Waals surface area contributed by atoms with Crippen LogP contribution in [-0.2, 0) is 0 Å². The molecule has 1 rings (SSSR count). The van der Waals surface area contributed by atoms with Crippen LogP contribution in [0, 0.1) is 10.1 Å². The van der Waals surface area contributed by atoms with Gasteiger partial charge in [0.25, 0.3) is 5.69 Å². The topological polar surface area (TPSA) is 121 Å². The highest BCUT2D eigenvalue weighted by Gasteiger charge is 2.22. The van der Waals surface area contributed by atoms with Crippen molar-refractivity contribution in [2.24, 2.45) is 0 Å². The molecule has 1 aromatic rings. The van der Waals surface area contributed by atoms with Crippen LogP contribution in [-0.4, -0.2) is 39.2 Å². The monoisotopic (exact) mass is 255 g/mol. The summed E-state index contributed by atoms with van der Waals surface area (Å²) >= 11 is 0. The number of carbonyl (C=O) groups is 1. The summed E-state index contributed by atoms with van der Waals surface area (Å²) in [4.78, 5) is 20.6. The molecular weight excluding hydrogens is 242 g/mol. The predicted molar refractivity (Wildman–Crippen MR) is 61.2 cm³/mol. The fourth-order valence-corrected chi connectivity index (χ4v) is 1.51. The average molecular weight is 255 g/mol. The molecule has 7 nitrogen and oxygen atoms in total. The van der Waals surface area contributed by atoms with E-state index in [-0.39, 0.29) is 24.2 Å². The van der Waals surface area contributed by atoms with E-state index in [1.165, 1.54) is 12.1 Å². The first-order valence-electron chi connectivity index (χ1n) is 5.21. The zero-order chi connectivity index (χ0) is 13.7. The van der Waals surface area contributed by atoms with Gasteiger partial charge in [-0.2, -0.15) is 0 Å². The van der Waals surface area contributed by atoms with Crippen LogP contribution >= 0.6 is 0 Å². The number of nitrogens with zero attached hydrogens (tertiary/aromatic N) is 1. The van der Waals surface area contributed by atoms with Gasteiger partial charge >= 0.3 is 0 Å². The lowest BCUT2D eigenvalue weighted by molar-refractivity contribution is -0.385. The van der Waals surface area contributed by atoms with Gasteiger partial charge in [-0.25, -0.2) is 0 Å². The smallest absolute Gasteiger partial charge is 0.280 e. The highest BCUT2D eigenvalue weighted by molar-refractivity contribution is 5.81. The van der Waals surface area contributed by atoms with Crippen LogP contribution in [0.4, 0.5) is 5.69 Å². The Labute approximate surface area is 102 Å². The summed E-state index contributed by atoms with van der Waals surface area (Å²) < 4.78 is 0. The first-order valence-corrected chi connectivity index (χ1v) is 5.21. The van der Waals surface area contributed by atoms with Gasteiger partial charge in [-0.15, -0.1) is 0 Å². The molecule has 0 saturated carbocycles. The number of nitro groups is 1. The number of aliphatic hydroxyl groups excluding tert-OH is 3. The van der Waals surface area contributed by atoms with Crippen LogP contribution in [0.2, 0.25) is 0 Å². The molecule has 18 heavy (non-hydrogen) atoms. The minimum absolute atomic E-state index is 0.0512. The van der Waals surface area contributed by atoms with Gasteiger partial charge in [-0.05, 0) is 18.1 Å². The van der Waals surface area contributed by atoms with Crippen molar-refractivity contribution in [2.75, 3.05) is 6.61 Å². The molecule has 0 heterocycles. The molecule has 0 radical (unpaired) electrons. The van der Waals surface area contributed by atoms with Crippen molar-refractivity contribution in [3.63, 3.8) is 0 Å². The van der Waals surface area contributed by atoms with E-state index in [1.807, 2.05) is 0 Å². The number of hydrogen-bond donors (Lipinski definition) is 3. The number of aldehydes is 1. The van der Waals surface area contributed by atoms with Crippen LogP contribution in [0.1, 0.15) is 28.4 Å². The Morgan fingerprint density at radius 3 is 2.56 bits per heavy atom. The summed E-state index contributed by atoms with van der Waals surface area (Å²) in [5, 5.41) is 38.5. The molecule has 0 aliphatic heterocycles. The average Bonchev–Trinajstić information content (AvgIpc) is 2.37. The van der Waals surface area contributed by atoms with Crippen molar-refractivity contribution < 1.29 is 25.0 Å². The van der Waals surface area contributed by atoms with Gasteiger partial charge in [-0.1, -0.05) is 6.07 Å². The van der Waals surface area contributed by atoms with E-state index in [4.69, 9.17) is 5.11 Å². The Bertz CT molecular complexity index is 447. The van der Waals surface area contributed by atoms with Gasteiger partial charge in [0.1, 0.15) is 6.10 Å². The molecule has 0 aromatic heterocycles. The maximum Gasteiger partial charge on any atom is 0.280 e. The number of nitro benzene ring substituents is 1. The van der Waals surface area contributed by atoms with E-state index in [2.05, 4.69) is 0 Å². The highest BCUT2D eigenvalue weighted by atomic mass is 16.6. The van der Waals surface area contributed by atoms with Gasteiger partial charge in [0.05, 0.1) is 16.6 Å². The molecule has 2 unspecified atom stereocenters. The molecular formula is C11H13NO6. The second-order valence-electron chi connectivity index (χ2n) is 3.72. The van der Waals surface area contributed by atoms with Crippen LogP contribution in [0.25, 0.3) is 0 Å². The first kappa shape index (κ1) is 14.2. The van der Waals surface area contributed by atoms with Crippen molar-refractivity contribution in [2.45, 2.75) is 18.6 Å². The van der Waals surface area contributed by atoms with Crippen molar-refractivity contribution in [3.05, 3.63) is 39.4 Å². The fourth-order valence-electron chi connectivity index (χ4n) is 1.51. The molecule has 0 bridgehead atoms. The van der Waals surface area contributed by atoms with E-state index in [1.54, 1.807) is 0 Å². The third kappa shape index (κ3) is 3.10. The second-order valence-corrected chi connectivity index (χ2v) is 3.72. The Morgan fingerprint density at radius 2 is 2.06 bits per heavy atom. The number of aliphatic hydroxyl groups is 3. The third-order valence-corrected chi connectivity index (χ3v) is 2.51. The number of carbonyl (C=O) groups excluding carboxylic acids is 1. The minimum atomic E-state index is -1.35. The molecule has 7 heteroatoms. The predicted octanol–water partition coefficient (Wildman–Crippen LogP) is 0.184. The van der Waals surface area contributed by atoms with E-state index in [9.17, 15) is 25.1 Å². The number of rotatable bonds is 6. The van der Waals surface area contributed by atoms with E-state index >= 15 is 0 Å². The maximum atomic E-state index is 10.7. The lowest BCUT2D eigenvalue weighted by atomic mass is 10.00. The molecule has 3 N–H and O–H groups in total. The largest absolute Gasteiger partial charge is 0.396 e. The quantitative estimate of drug-likeness (QED) is 0.379. The molecule has 0 amide bonds. The van der Waals surface area contributed by atoms with Crippen molar-refractivity contribution in [3.8, 4) is 0 Å². The van der Waals surface area contributed by atoms with Crippen LogP contribution in [0.15, 0.2) is 18.2 Å². The first-order chi connectivity index (χ1) is 8.51. The van der Waals surface area contributed by atoms with Gasteiger partial charge < -0.3 is 15.3 Å². The van der Waals surface area contributed by atoms with E-state index in [0.29, 0.717) is 6.29 Å². The maximum absolute atomic E-state index is 10.7. The third-order valence-electron chi connectivity index (χ3n) is 2.51. The zero-order valence-electron chi connectivity index (χ0n) is 9.39. The second kappa shape index (κ2) is 6.20. The number of benzene rings is 1. The summed E-state index contributed by atoms with van der Waals surface area (Å²) in [5.74, 6) is 0. The summed E-state index contributed by atoms with van der Waals surface area (Å²) in [5.41, 5.74) is -0.418. The van der Waals surface area contributed by atoms with Gasteiger partial charge in [0.2, 0.25) is 0 Å². The van der Waals surface area contributed by atoms with E-state index < -0.39 is 22.8 Å². The highest BCUT2D eigenvalue weighted by Crippen LogP contribution is 2.25. The van der Waals surface area contributed by atoms with Crippen LogP contribution in [0.3, 0.4) is 0 Å². The minimum Gasteiger partial charge on any atom is -0.396 e. The molecule has 98 valence electrons. The Morgan fingerprint density at radius 1 is 1.39 bits per heavy atom. The summed E-state index contributed by atoms with van der Waals surface area (Å²) in [7, 11) is 0. The molecule has 0 aliphatic rings. The summed E-state index contributed by atoms with van der Waals surface area (Å²) in [6.07, 6.45) is -2.28. The van der Waals surface area contributed by atoms with Crippen molar-refractivity contribution >= 4 is 12.0 Å². The fraction of sp³-hybridized carbons (Fsp3) is 0.364. The van der Waals surface area contributed by atoms with Crippen molar-refractivity contribution in [1.82, 2.24) is 0 Å². The lowest BCUT2D eigenvalue weighted by Gasteiger charge is -2.17. The number of hydrogen-bond acceptors (Lipinski definition) is 6. The molecule has 0 saturated heterocycles. The lowest BCUT2D eigenvalue weighted by Crippen LogP contribution is -2.19. The molecule has 0 spiro atoms. The zero-order valence-corrected chi connectivity index (χ0v) is 9.39. The molecule has 1 aromatic carbocycles. The standard InChI is InChI=1S/C11H13NO6/c13-4-3-10(15)11(16)7-1-2-8(6-14)9(5-7)12(17)18/h1-2,5-6,10-11,13,15-16H,3-4H2.